The Labute approximate surface area is 203 Å². The molecule has 3 aromatic rings. The van der Waals surface area contributed by atoms with E-state index in [1.165, 1.54) is 6.33 Å². The molecule has 184 valence electrons. The van der Waals surface area contributed by atoms with E-state index in [0.717, 1.165) is 10.0 Å². The van der Waals surface area contributed by atoms with Gasteiger partial charge in [0.15, 0.2) is 11.2 Å². The van der Waals surface area contributed by atoms with Gasteiger partial charge in [0, 0.05) is 11.0 Å². The van der Waals surface area contributed by atoms with Crippen LogP contribution >= 0.6 is 23.4 Å². The fourth-order valence-corrected chi connectivity index (χ4v) is 5.11. The lowest BCUT2D eigenvalue weighted by Crippen LogP contribution is -2.34. The molecule has 0 aliphatic carbocycles. The first kappa shape index (κ1) is 26.0. The number of nitrogens with zero attached hydrogens (tertiary/aromatic N) is 3. The number of anilines is 1. The molecule has 0 bridgehead atoms. The van der Waals surface area contributed by atoms with E-state index in [-0.39, 0.29) is 44.2 Å². The summed E-state index contributed by atoms with van der Waals surface area (Å²) in [5.41, 5.74) is 6.42. The molecule has 3 rings (SSSR count). The van der Waals surface area contributed by atoms with E-state index in [4.69, 9.17) is 19.7 Å². The Kier molecular flexibility index (Phi) is 8.97. The largest absolute Gasteiger partial charge is 0.465 e. The summed E-state index contributed by atoms with van der Waals surface area (Å²) in [4.78, 5) is 34.4. The van der Waals surface area contributed by atoms with Gasteiger partial charge in [0.1, 0.15) is 12.4 Å². The average Bonchev–Trinajstić information content (AvgIpc) is 3.19. The molecule has 34 heavy (non-hydrogen) atoms. The van der Waals surface area contributed by atoms with Gasteiger partial charge in [-0.25, -0.2) is 10.1 Å². The zero-order valence-electron chi connectivity index (χ0n) is 18.7. The van der Waals surface area contributed by atoms with Crippen LogP contribution in [0.25, 0.3) is 11.2 Å². The third kappa shape index (κ3) is 6.97. The van der Waals surface area contributed by atoms with Gasteiger partial charge in [0.05, 0.1) is 26.1 Å². The van der Waals surface area contributed by atoms with Crippen molar-refractivity contribution >= 4 is 46.5 Å². The predicted octanol–water partition coefficient (Wildman–Crippen LogP) is 2.39. The zero-order valence-corrected chi connectivity index (χ0v) is 21.2. The van der Waals surface area contributed by atoms with Crippen molar-refractivity contribution < 1.29 is 23.4 Å². The van der Waals surface area contributed by atoms with Crippen LogP contribution in [0.3, 0.4) is 0 Å². The summed E-state index contributed by atoms with van der Waals surface area (Å²) in [5, 5.41) is 2.73. The number of benzene rings is 1. The number of halogens is 1. The van der Waals surface area contributed by atoms with Crippen LogP contribution in [0.4, 0.5) is 5.95 Å². The van der Waals surface area contributed by atoms with Gasteiger partial charge in [0.2, 0.25) is 5.95 Å². The number of hydrogen-bond donors (Lipinski definition) is 3. The quantitative estimate of drug-likeness (QED) is 0.171. The summed E-state index contributed by atoms with van der Waals surface area (Å²) in [5.74, 6) is -0.574. The fraction of sp³-hybridized carbons (Fsp3) is 0.400. The van der Waals surface area contributed by atoms with Gasteiger partial charge in [-0.1, -0.05) is 28.1 Å². The van der Waals surface area contributed by atoms with Crippen LogP contribution in [0.15, 0.2) is 39.9 Å². The molecule has 2 atom stereocenters. The molecule has 2 heterocycles. The number of hydrogen-bond acceptors (Lipinski definition) is 9. The summed E-state index contributed by atoms with van der Waals surface area (Å²) >= 11 is 3.39. The standard InChI is InChI=1S/C20H26BrN6O6P/c1-3-32-19(29)13(2)26-34(30,33-10-14-5-4-6-15(21)9-14)12-31-8-7-27-11-23-16-17(27)24-20(22)25-18(16)28/h4-6,9,11,13H,3,7-8,10,12H2,1-2H3,(H,26,30)(H3,22,24,25,28)/t13-,34?/m1/s1. The van der Waals surface area contributed by atoms with Crippen molar-refractivity contribution in [2.45, 2.75) is 33.0 Å². The molecule has 1 aromatic carbocycles. The Morgan fingerprint density at radius 1 is 1.41 bits per heavy atom. The SMILES string of the molecule is CCOC(=O)[C@@H](C)NP(=O)(COCCn1cnc2c(=O)[nH]c(N)nc21)OCc1cccc(Br)c1. The molecule has 0 fully saturated rings. The highest BCUT2D eigenvalue weighted by Crippen LogP contribution is 2.44. The van der Waals surface area contributed by atoms with Crippen molar-refractivity contribution in [1.82, 2.24) is 24.6 Å². The van der Waals surface area contributed by atoms with Gasteiger partial charge in [-0.3, -0.25) is 19.1 Å². The third-order valence-corrected chi connectivity index (χ3v) is 6.93. The lowest BCUT2D eigenvalue weighted by molar-refractivity contribution is -0.144. The van der Waals surface area contributed by atoms with Gasteiger partial charge in [-0.05, 0) is 31.5 Å². The van der Waals surface area contributed by atoms with Crippen LogP contribution in [0.1, 0.15) is 19.4 Å². The normalized spacial score (nSPS) is 14.1. The Morgan fingerprint density at radius 2 is 2.21 bits per heavy atom. The second kappa shape index (κ2) is 11.7. The van der Waals surface area contributed by atoms with Gasteiger partial charge < -0.3 is 24.3 Å². The van der Waals surface area contributed by atoms with Crippen LogP contribution in [0, 0.1) is 0 Å². The number of ether oxygens (including phenoxy) is 2. The molecule has 4 N–H and O–H groups in total. The molecule has 0 aliphatic heterocycles. The molecule has 0 saturated heterocycles. The number of rotatable bonds is 12. The summed E-state index contributed by atoms with van der Waals surface area (Å²) < 4.78 is 32.3. The molecule has 0 aliphatic rings. The van der Waals surface area contributed by atoms with Crippen molar-refractivity contribution in [3.8, 4) is 0 Å². The minimum absolute atomic E-state index is 0.0252. The highest BCUT2D eigenvalue weighted by Gasteiger charge is 2.29. The highest BCUT2D eigenvalue weighted by molar-refractivity contribution is 9.10. The van der Waals surface area contributed by atoms with E-state index >= 15 is 0 Å². The number of imidazole rings is 1. The van der Waals surface area contributed by atoms with Gasteiger partial charge >= 0.3 is 5.97 Å². The summed E-state index contributed by atoms with van der Waals surface area (Å²) in [6.45, 7) is 3.85. The molecular formula is C20H26BrN6O6P. The Balaban J connectivity index is 1.65. The second-order valence-electron chi connectivity index (χ2n) is 7.28. The first-order chi connectivity index (χ1) is 16.2. The van der Waals surface area contributed by atoms with E-state index in [2.05, 4.69) is 36.0 Å². The number of nitrogens with one attached hydrogen (secondary N) is 2. The minimum Gasteiger partial charge on any atom is -0.465 e. The predicted molar refractivity (Wildman–Crippen MR) is 129 cm³/mol. The maximum absolute atomic E-state index is 13.5. The van der Waals surface area contributed by atoms with Crippen LogP contribution in [0.5, 0.6) is 0 Å². The van der Waals surface area contributed by atoms with Gasteiger partial charge in [0.25, 0.3) is 13.1 Å². The maximum Gasteiger partial charge on any atom is 0.323 e. The molecule has 2 aromatic heterocycles. The Hall–Kier alpha value is -2.57. The van der Waals surface area contributed by atoms with Crippen molar-refractivity contribution in [3.63, 3.8) is 0 Å². The summed E-state index contributed by atoms with van der Waals surface area (Å²) in [6, 6.07) is 6.50. The number of aromatic nitrogens is 4. The number of esters is 1. The fourth-order valence-electron chi connectivity index (χ4n) is 3.01. The number of carbonyl (C=O) groups is 1. The minimum atomic E-state index is -3.61. The molecule has 12 nitrogen and oxygen atoms in total. The van der Waals surface area contributed by atoms with E-state index in [0.29, 0.717) is 5.65 Å². The van der Waals surface area contributed by atoms with Crippen molar-refractivity contribution in [2.75, 3.05) is 25.3 Å². The average molecular weight is 557 g/mol. The van der Waals surface area contributed by atoms with Gasteiger partial charge in [-0.15, -0.1) is 0 Å². The Morgan fingerprint density at radius 3 is 2.94 bits per heavy atom. The number of nitrogen functional groups attached to an aromatic ring is 1. The summed E-state index contributed by atoms with van der Waals surface area (Å²) in [6.07, 6.45) is 1.15. The number of nitrogens with two attached hydrogens (primary N) is 1. The molecule has 0 amide bonds. The van der Waals surface area contributed by atoms with Crippen molar-refractivity contribution in [2.24, 2.45) is 0 Å². The number of carbonyl (C=O) groups excluding carboxylic acids is 1. The molecule has 0 radical (unpaired) electrons. The number of fused-ring (bicyclic) bond motifs is 1. The molecule has 1 unspecified atom stereocenters. The molecular weight excluding hydrogens is 531 g/mol. The first-order valence-electron chi connectivity index (χ1n) is 10.4. The zero-order chi connectivity index (χ0) is 24.7. The third-order valence-electron chi connectivity index (χ3n) is 4.59. The van der Waals surface area contributed by atoms with Gasteiger partial charge in [-0.2, -0.15) is 4.98 Å². The lowest BCUT2D eigenvalue weighted by Gasteiger charge is -2.23. The van der Waals surface area contributed by atoms with Crippen molar-refractivity contribution in [3.05, 3.63) is 51.0 Å². The van der Waals surface area contributed by atoms with E-state index < -0.39 is 25.1 Å². The Bertz CT molecular complexity index is 1250. The highest BCUT2D eigenvalue weighted by atomic mass is 79.9. The topological polar surface area (TPSA) is 163 Å². The lowest BCUT2D eigenvalue weighted by atomic mass is 10.2. The van der Waals surface area contributed by atoms with Crippen molar-refractivity contribution in [1.29, 1.82) is 0 Å². The number of aromatic amines is 1. The summed E-state index contributed by atoms with van der Waals surface area (Å²) in [7, 11) is -3.61. The number of H-pyrrole nitrogens is 1. The van der Waals surface area contributed by atoms with Crippen LogP contribution in [-0.4, -0.2) is 51.1 Å². The monoisotopic (exact) mass is 556 g/mol. The van der Waals surface area contributed by atoms with Crippen LogP contribution < -0.4 is 16.4 Å². The first-order valence-corrected chi connectivity index (χ1v) is 13.0. The molecule has 0 spiro atoms. The molecule has 14 heteroatoms. The second-order valence-corrected chi connectivity index (χ2v) is 10.3. The van der Waals surface area contributed by atoms with Crippen LogP contribution in [-0.2, 0) is 36.5 Å². The van der Waals surface area contributed by atoms with E-state index in [1.54, 1.807) is 18.4 Å². The molecule has 0 saturated carbocycles. The van der Waals surface area contributed by atoms with Crippen LogP contribution in [0.2, 0.25) is 0 Å². The van der Waals surface area contributed by atoms with E-state index in [9.17, 15) is 14.2 Å². The maximum atomic E-state index is 13.5. The van der Waals surface area contributed by atoms with E-state index in [1.807, 2.05) is 24.3 Å². The smallest absolute Gasteiger partial charge is 0.323 e.